The van der Waals surface area contributed by atoms with E-state index in [1.54, 1.807) is 0 Å². The molecule has 13 heavy (non-hydrogen) atoms. The second-order valence-corrected chi connectivity index (χ2v) is 5.27. The number of aldehydes is 1. The maximum atomic E-state index is 10.1. The highest BCUT2D eigenvalue weighted by Gasteiger charge is 2.57. The van der Waals surface area contributed by atoms with Crippen molar-refractivity contribution in [1.29, 1.82) is 0 Å². The molecule has 0 radical (unpaired) electrons. The third-order valence-electron chi connectivity index (χ3n) is 3.21. The van der Waals surface area contributed by atoms with Crippen LogP contribution in [-0.2, 0) is 9.53 Å². The Labute approximate surface area is 87.5 Å². The molecule has 0 aromatic heterocycles. The molecule has 2 saturated carbocycles. The lowest BCUT2D eigenvalue weighted by atomic mass is 9.98. The lowest BCUT2D eigenvalue weighted by Gasteiger charge is -2.22. The van der Waals surface area contributed by atoms with Crippen molar-refractivity contribution in [3.63, 3.8) is 0 Å². The molecule has 74 valence electrons. The van der Waals surface area contributed by atoms with Gasteiger partial charge in [-0.25, -0.2) is 0 Å². The van der Waals surface area contributed by atoms with Crippen molar-refractivity contribution in [2.75, 3.05) is 6.61 Å². The van der Waals surface area contributed by atoms with Crippen molar-refractivity contribution < 1.29 is 9.53 Å². The molecular formula is C9H12Cl2O2. The number of carbonyl (C=O) groups is 1. The molecular weight excluding hydrogens is 211 g/mol. The van der Waals surface area contributed by atoms with E-state index < -0.39 is 4.33 Å². The zero-order chi connectivity index (χ0) is 9.47. The summed E-state index contributed by atoms with van der Waals surface area (Å²) in [5, 5.41) is 0. The topological polar surface area (TPSA) is 26.3 Å². The average Bonchev–Trinajstić information content (AvgIpc) is 2.52. The van der Waals surface area contributed by atoms with E-state index in [2.05, 4.69) is 0 Å². The van der Waals surface area contributed by atoms with Crippen molar-refractivity contribution in [2.24, 2.45) is 11.8 Å². The zero-order valence-corrected chi connectivity index (χ0v) is 8.72. The Kier molecular flexibility index (Phi) is 2.56. The zero-order valence-electron chi connectivity index (χ0n) is 7.21. The van der Waals surface area contributed by atoms with Gasteiger partial charge < -0.3 is 9.53 Å². The van der Waals surface area contributed by atoms with E-state index in [4.69, 9.17) is 27.9 Å². The number of ether oxygens (including phenoxy) is 1. The van der Waals surface area contributed by atoms with Crippen LogP contribution in [0.2, 0.25) is 0 Å². The van der Waals surface area contributed by atoms with Gasteiger partial charge in [0.15, 0.2) is 0 Å². The fraction of sp³-hybridized carbons (Fsp3) is 0.889. The maximum Gasteiger partial charge on any atom is 0.145 e. The first-order valence-corrected chi connectivity index (χ1v) is 5.35. The second kappa shape index (κ2) is 3.41. The molecule has 2 nitrogen and oxygen atoms in total. The van der Waals surface area contributed by atoms with Gasteiger partial charge in [-0.2, -0.15) is 0 Å². The van der Waals surface area contributed by atoms with Crippen molar-refractivity contribution in [3.8, 4) is 0 Å². The molecule has 0 aromatic carbocycles. The predicted molar refractivity (Wildman–Crippen MR) is 51.1 cm³/mol. The second-order valence-electron chi connectivity index (χ2n) is 3.83. The summed E-state index contributed by atoms with van der Waals surface area (Å²) < 4.78 is 4.78. The molecule has 2 aliphatic carbocycles. The van der Waals surface area contributed by atoms with Crippen LogP contribution in [0.5, 0.6) is 0 Å². The normalized spacial score (nSPS) is 40.9. The summed E-state index contributed by atoms with van der Waals surface area (Å²) in [5.41, 5.74) is 0. The number of hydrogen-bond donors (Lipinski definition) is 0. The summed E-state index contributed by atoms with van der Waals surface area (Å²) in [6.45, 7) is 0.164. The van der Waals surface area contributed by atoms with Crippen LogP contribution in [0, 0.1) is 11.8 Å². The Morgan fingerprint density at radius 1 is 1.46 bits per heavy atom. The van der Waals surface area contributed by atoms with E-state index in [0.29, 0.717) is 5.92 Å². The molecule has 0 spiro atoms. The summed E-state index contributed by atoms with van der Waals surface area (Å²) in [6.07, 6.45) is 3.90. The molecule has 2 rings (SSSR count). The smallest absolute Gasteiger partial charge is 0.145 e. The van der Waals surface area contributed by atoms with E-state index in [-0.39, 0.29) is 18.6 Å². The van der Waals surface area contributed by atoms with Crippen LogP contribution in [0.4, 0.5) is 0 Å². The van der Waals surface area contributed by atoms with Gasteiger partial charge in [-0.1, -0.05) is 0 Å². The van der Waals surface area contributed by atoms with Gasteiger partial charge in [-0.15, -0.1) is 23.2 Å². The van der Waals surface area contributed by atoms with Crippen molar-refractivity contribution in [3.05, 3.63) is 0 Å². The van der Waals surface area contributed by atoms with E-state index in [9.17, 15) is 4.79 Å². The van der Waals surface area contributed by atoms with Gasteiger partial charge in [0.25, 0.3) is 0 Å². The van der Waals surface area contributed by atoms with Gasteiger partial charge in [0, 0.05) is 5.92 Å². The SMILES string of the molecule is O=CCOC1CC2CCC1C2(Cl)Cl. The van der Waals surface area contributed by atoms with E-state index >= 15 is 0 Å². The Morgan fingerprint density at radius 3 is 2.69 bits per heavy atom. The minimum absolute atomic E-state index is 0.0962. The summed E-state index contributed by atoms with van der Waals surface area (Å²) in [4.78, 5) is 10.1. The monoisotopic (exact) mass is 222 g/mol. The molecule has 0 N–H and O–H groups in total. The van der Waals surface area contributed by atoms with Gasteiger partial charge in [-0.05, 0) is 25.2 Å². The highest BCUT2D eigenvalue weighted by Crippen LogP contribution is 2.58. The molecule has 4 heteroatoms. The van der Waals surface area contributed by atoms with Crippen LogP contribution in [0.25, 0.3) is 0 Å². The number of carbonyl (C=O) groups excluding carboxylic acids is 1. The third-order valence-corrected chi connectivity index (χ3v) is 4.39. The minimum atomic E-state index is -0.604. The number of hydrogen-bond acceptors (Lipinski definition) is 2. The van der Waals surface area contributed by atoms with Gasteiger partial charge in [0.1, 0.15) is 17.2 Å². The molecule has 3 atom stereocenters. The molecule has 2 fully saturated rings. The first-order chi connectivity index (χ1) is 6.16. The molecule has 3 unspecified atom stereocenters. The van der Waals surface area contributed by atoms with Crippen LogP contribution >= 0.6 is 23.2 Å². The highest BCUT2D eigenvalue weighted by molar-refractivity contribution is 6.49. The largest absolute Gasteiger partial charge is 0.370 e. The number of halogens is 2. The summed E-state index contributed by atoms with van der Waals surface area (Å²) in [5.74, 6) is 0.582. The predicted octanol–water partition coefficient (Wildman–Crippen LogP) is 2.17. The summed E-state index contributed by atoms with van der Waals surface area (Å²) >= 11 is 12.4. The van der Waals surface area contributed by atoms with Crippen molar-refractivity contribution >= 4 is 29.5 Å². The van der Waals surface area contributed by atoms with E-state index in [0.717, 1.165) is 25.5 Å². The van der Waals surface area contributed by atoms with Crippen LogP contribution in [-0.4, -0.2) is 23.3 Å². The molecule has 0 aliphatic heterocycles. The summed E-state index contributed by atoms with van der Waals surface area (Å²) in [6, 6.07) is 0. The molecule has 2 aliphatic rings. The quantitative estimate of drug-likeness (QED) is 0.541. The van der Waals surface area contributed by atoms with E-state index in [1.807, 2.05) is 0 Å². The van der Waals surface area contributed by atoms with Gasteiger partial charge in [0.05, 0.1) is 6.10 Å². The van der Waals surface area contributed by atoms with E-state index in [1.165, 1.54) is 0 Å². The van der Waals surface area contributed by atoms with Gasteiger partial charge >= 0.3 is 0 Å². The van der Waals surface area contributed by atoms with Crippen LogP contribution in [0.1, 0.15) is 19.3 Å². The van der Waals surface area contributed by atoms with Crippen LogP contribution < -0.4 is 0 Å². The number of rotatable bonds is 3. The standard InChI is InChI=1S/C9H12Cl2O2/c10-9(11)6-1-2-7(9)8(5-6)13-4-3-12/h3,6-8H,1-2,4-5H2. The Balaban J connectivity index is 2.00. The maximum absolute atomic E-state index is 10.1. The lowest BCUT2D eigenvalue weighted by Crippen LogP contribution is -2.26. The average molecular weight is 223 g/mol. The third kappa shape index (κ3) is 1.49. The first-order valence-electron chi connectivity index (χ1n) is 4.59. The Hall–Kier alpha value is 0.210. The Bertz CT molecular complexity index is 218. The summed E-state index contributed by atoms with van der Waals surface area (Å²) in [7, 11) is 0. The molecule has 0 saturated heterocycles. The molecule has 0 aromatic rings. The lowest BCUT2D eigenvalue weighted by molar-refractivity contribution is -0.114. The van der Waals surface area contributed by atoms with Crippen molar-refractivity contribution in [2.45, 2.75) is 29.7 Å². The molecule has 0 amide bonds. The van der Waals surface area contributed by atoms with Crippen LogP contribution in [0.3, 0.4) is 0 Å². The van der Waals surface area contributed by atoms with Crippen LogP contribution in [0.15, 0.2) is 0 Å². The number of alkyl halides is 2. The van der Waals surface area contributed by atoms with Gasteiger partial charge in [0.2, 0.25) is 0 Å². The van der Waals surface area contributed by atoms with Gasteiger partial charge in [-0.3, -0.25) is 0 Å². The Morgan fingerprint density at radius 2 is 2.23 bits per heavy atom. The van der Waals surface area contributed by atoms with Crippen molar-refractivity contribution in [1.82, 2.24) is 0 Å². The number of fused-ring (bicyclic) bond motifs is 2. The molecule has 0 heterocycles. The minimum Gasteiger partial charge on any atom is -0.370 e. The fourth-order valence-corrected chi connectivity index (χ4v) is 3.46. The first kappa shape index (κ1) is 9.75. The molecule has 2 bridgehead atoms. The fourth-order valence-electron chi connectivity index (χ4n) is 2.57. The highest BCUT2D eigenvalue weighted by atomic mass is 35.5.